The molecule has 0 radical (unpaired) electrons. The van der Waals surface area contributed by atoms with Gasteiger partial charge in [-0.2, -0.15) is 4.98 Å². The van der Waals surface area contributed by atoms with Crippen LogP contribution in [0.15, 0.2) is 4.52 Å². The number of rotatable bonds is 6. The van der Waals surface area contributed by atoms with Crippen molar-refractivity contribution >= 4 is 0 Å². The molecular weight excluding hydrogens is 218 g/mol. The van der Waals surface area contributed by atoms with Crippen molar-refractivity contribution in [2.45, 2.75) is 39.2 Å². The molecule has 5 heteroatoms. The van der Waals surface area contributed by atoms with E-state index in [9.17, 15) is 0 Å². The van der Waals surface area contributed by atoms with E-state index in [-0.39, 0.29) is 5.41 Å². The summed E-state index contributed by atoms with van der Waals surface area (Å²) in [5, 5.41) is 4.00. The van der Waals surface area contributed by atoms with Crippen molar-refractivity contribution < 1.29 is 9.26 Å². The second-order valence-corrected chi connectivity index (χ2v) is 5.35. The Labute approximate surface area is 103 Å². The number of hydrogen-bond donors (Lipinski definition) is 0. The molecule has 0 spiro atoms. The van der Waals surface area contributed by atoms with Gasteiger partial charge in [0.25, 0.3) is 0 Å². The third-order valence-electron chi connectivity index (χ3n) is 2.43. The molecule has 0 aliphatic heterocycles. The van der Waals surface area contributed by atoms with E-state index in [0.29, 0.717) is 12.4 Å². The first-order chi connectivity index (χ1) is 7.93. The lowest BCUT2D eigenvalue weighted by Crippen LogP contribution is -2.20. The van der Waals surface area contributed by atoms with Crippen molar-refractivity contribution in [3.8, 4) is 0 Å². The second-order valence-electron chi connectivity index (χ2n) is 5.35. The topological polar surface area (TPSA) is 51.4 Å². The van der Waals surface area contributed by atoms with Crippen LogP contribution in [0.3, 0.4) is 0 Å². The van der Waals surface area contributed by atoms with Crippen molar-refractivity contribution in [3.05, 3.63) is 11.7 Å². The molecule has 1 aromatic heterocycles. The van der Waals surface area contributed by atoms with Gasteiger partial charge in [0.2, 0.25) is 5.89 Å². The second kappa shape index (κ2) is 6.12. The summed E-state index contributed by atoms with van der Waals surface area (Å²) in [6, 6.07) is 0. The molecule has 0 aliphatic carbocycles. The molecule has 0 saturated heterocycles. The van der Waals surface area contributed by atoms with Crippen LogP contribution in [0, 0.1) is 0 Å². The molecule has 0 aliphatic rings. The Morgan fingerprint density at radius 1 is 1.35 bits per heavy atom. The normalized spacial score (nSPS) is 12.4. The van der Waals surface area contributed by atoms with Crippen LogP contribution < -0.4 is 0 Å². The molecule has 1 aromatic rings. The van der Waals surface area contributed by atoms with Gasteiger partial charge in [0.15, 0.2) is 5.82 Å². The summed E-state index contributed by atoms with van der Waals surface area (Å²) in [6.07, 6.45) is 1.01. The Hall–Kier alpha value is -0.940. The van der Waals surface area contributed by atoms with E-state index < -0.39 is 0 Å². The maximum atomic E-state index is 5.23. The Morgan fingerprint density at radius 2 is 2.06 bits per heavy atom. The molecule has 0 amide bonds. The Kier molecular flexibility index (Phi) is 5.08. The molecule has 5 nitrogen and oxygen atoms in total. The molecule has 0 bridgehead atoms. The largest absolute Gasteiger partial charge is 0.385 e. The maximum Gasteiger partial charge on any atom is 0.240 e. The minimum Gasteiger partial charge on any atom is -0.385 e. The summed E-state index contributed by atoms with van der Waals surface area (Å²) in [4.78, 5) is 6.55. The molecular formula is C12H23N3O2. The van der Waals surface area contributed by atoms with Gasteiger partial charge in [0.05, 0.1) is 6.54 Å². The lowest BCUT2D eigenvalue weighted by Gasteiger charge is -2.13. The molecule has 0 fully saturated rings. The van der Waals surface area contributed by atoms with Crippen molar-refractivity contribution in [1.29, 1.82) is 0 Å². The van der Waals surface area contributed by atoms with Crippen LogP contribution in [0.5, 0.6) is 0 Å². The molecule has 1 heterocycles. The average Bonchev–Trinajstić information content (AvgIpc) is 2.66. The van der Waals surface area contributed by atoms with Crippen molar-refractivity contribution in [2.24, 2.45) is 0 Å². The van der Waals surface area contributed by atoms with E-state index in [0.717, 1.165) is 25.4 Å². The SMILES string of the molecule is COCCCN(C)Cc1nc(C(C)(C)C)no1. The molecule has 0 unspecified atom stereocenters. The molecule has 1 rings (SSSR count). The van der Waals surface area contributed by atoms with Gasteiger partial charge in [0, 0.05) is 25.7 Å². The number of aromatic nitrogens is 2. The van der Waals surface area contributed by atoms with E-state index in [1.165, 1.54) is 0 Å². The van der Waals surface area contributed by atoms with Crippen LogP contribution in [0.25, 0.3) is 0 Å². The van der Waals surface area contributed by atoms with E-state index in [1.54, 1.807) is 7.11 Å². The monoisotopic (exact) mass is 241 g/mol. The predicted octanol–water partition coefficient (Wildman–Crippen LogP) is 1.84. The molecule has 17 heavy (non-hydrogen) atoms. The molecule has 0 N–H and O–H groups in total. The van der Waals surface area contributed by atoms with Crippen LogP contribution in [-0.4, -0.2) is 42.3 Å². The highest BCUT2D eigenvalue weighted by Gasteiger charge is 2.21. The number of nitrogens with zero attached hydrogens (tertiary/aromatic N) is 3. The van der Waals surface area contributed by atoms with Crippen LogP contribution in [-0.2, 0) is 16.7 Å². The van der Waals surface area contributed by atoms with Gasteiger partial charge in [0.1, 0.15) is 0 Å². The summed E-state index contributed by atoms with van der Waals surface area (Å²) in [7, 11) is 3.75. The van der Waals surface area contributed by atoms with Gasteiger partial charge < -0.3 is 9.26 Å². The zero-order valence-corrected chi connectivity index (χ0v) is 11.5. The average molecular weight is 241 g/mol. The number of ether oxygens (including phenoxy) is 1. The fourth-order valence-corrected chi connectivity index (χ4v) is 1.41. The van der Waals surface area contributed by atoms with Crippen molar-refractivity contribution in [2.75, 3.05) is 27.3 Å². The zero-order valence-electron chi connectivity index (χ0n) is 11.5. The standard InChI is InChI=1S/C12H23N3O2/c1-12(2,3)11-13-10(17-14-11)9-15(4)7-6-8-16-5/h6-9H2,1-5H3. The highest BCUT2D eigenvalue weighted by molar-refractivity contribution is 4.99. The summed E-state index contributed by atoms with van der Waals surface area (Å²) in [6.45, 7) is 8.65. The first-order valence-electron chi connectivity index (χ1n) is 5.94. The molecule has 0 saturated carbocycles. The summed E-state index contributed by atoms with van der Waals surface area (Å²) in [5.74, 6) is 1.44. The van der Waals surface area contributed by atoms with Crippen LogP contribution in [0.2, 0.25) is 0 Å². The van der Waals surface area contributed by atoms with Crippen molar-refractivity contribution in [1.82, 2.24) is 15.0 Å². The highest BCUT2D eigenvalue weighted by atomic mass is 16.5. The smallest absolute Gasteiger partial charge is 0.240 e. The Balaban J connectivity index is 2.43. The predicted molar refractivity (Wildman–Crippen MR) is 65.8 cm³/mol. The quantitative estimate of drug-likeness (QED) is 0.711. The highest BCUT2D eigenvalue weighted by Crippen LogP contribution is 2.18. The Morgan fingerprint density at radius 3 is 2.59 bits per heavy atom. The van der Waals surface area contributed by atoms with Gasteiger partial charge in [-0.25, -0.2) is 0 Å². The minimum atomic E-state index is -0.0592. The molecule has 0 atom stereocenters. The summed E-state index contributed by atoms with van der Waals surface area (Å²) < 4.78 is 10.2. The first kappa shape index (κ1) is 14.1. The van der Waals surface area contributed by atoms with E-state index in [1.807, 2.05) is 7.05 Å². The number of hydrogen-bond acceptors (Lipinski definition) is 5. The number of methoxy groups -OCH3 is 1. The fraction of sp³-hybridized carbons (Fsp3) is 0.833. The van der Waals surface area contributed by atoms with E-state index in [4.69, 9.17) is 9.26 Å². The molecule has 0 aromatic carbocycles. The van der Waals surface area contributed by atoms with Gasteiger partial charge in [-0.15, -0.1) is 0 Å². The van der Waals surface area contributed by atoms with Crippen molar-refractivity contribution in [3.63, 3.8) is 0 Å². The lowest BCUT2D eigenvalue weighted by atomic mass is 9.96. The van der Waals surface area contributed by atoms with Gasteiger partial charge in [-0.1, -0.05) is 25.9 Å². The summed E-state index contributed by atoms with van der Waals surface area (Å²) >= 11 is 0. The third-order valence-corrected chi connectivity index (χ3v) is 2.43. The van der Waals surface area contributed by atoms with Gasteiger partial charge in [-0.3, -0.25) is 4.90 Å². The van der Waals surface area contributed by atoms with E-state index in [2.05, 4.69) is 35.8 Å². The third kappa shape index (κ3) is 4.83. The lowest BCUT2D eigenvalue weighted by molar-refractivity contribution is 0.173. The zero-order chi connectivity index (χ0) is 12.9. The van der Waals surface area contributed by atoms with Gasteiger partial charge >= 0.3 is 0 Å². The Bertz CT molecular complexity index is 331. The van der Waals surface area contributed by atoms with E-state index >= 15 is 0 Å². The minimum absolute atomic E-state index is 0.0592. The van der Waals surface area contributed by atoms with Crippen LogP contribution in [0.4, 0.5) is 0 Å². The van der Waals surface area contributed by atoms with Crippen LogP contribution >= 0.6 is 0 Å². The first-order valence-corrected chi connectivity index (χ1v) is 5.94. The maximum absolute atomic E-state index is 5.23. The fourth-order valence-electron chi connectivity index (χ4n) is 1.41. The molecule has 98 valence electrons. The summed E-state index contributed by atoms with van der Waals surface area (Å²) in [5.41, 5.74) is -0.0592. The van der Waals surface area contributed by atoms with Gasteiger partial charge in [-0.05, 0) is 13.5 Å². The van der Waals surface area contributed by atoms with Crippen LogP contribution in [0.1, 0.15) is 38.9 Å².